The molecule has 1 aromatic rings. The van der Waals surface area contributed by atoms with Crippen LogP contribution in [-0.4, -0.2) is 31.4 Å². The second kappa shape index (κ2) is 8.15. The van der Waals surface area contributed by atoms with Crippen molar-refractivity contribution >= 4 is 29.1 Å². The molecule has 1 aromatic carbocycles. The fourth-order valence-electron chi connectivity index (χ4n) is 2.03. The molecule has 0 saturated heterocycles. The zero-order chi connectivity index (χ0) is 15.9. The second-order valence-corrected chi connectivity index (χ2v) is 5.98. The second-order valence-electron chi connectivity index (χ2n) is 5.57. The zero-order valence-corrected chi connectivity index (χ0v) is 13.5. The van der Waals surface area contributed by atoms with Crippen LogP contribution in [0.4, 0.5) is 5.69 Å². The Morgan fingerprint density at radius 3 is 2.73 bits per heavy atom. The van der Waals surface area contributed by atoms with E-state index in [4.69, 9.17) is 11.6 Å². The number of benzene rings is 1. The summed E-state index contributed by atoms with van der Waals surface area (Å²) in [5, 5.41) is 9.00. The number of rotatable bonds is 8. The van der Waals surface area contributed by atoms with Gasteiger partial charge in [0.2, 0.25) is 5.91 Å². The molecular formula is C16H22ClN3O2. The minimum atomic E-state index is -0.198. The van der Waals surface area contributed by atoms with Gasteiger partial charge in [0.15, 0.2) is 0 Å². The van der Waals surface area contributed by atoms with Crippen molar-refractivity contribution in [2.45, 2.75) is 26.2 Å². The predicted molar refractivity (Wildman–Crippen MR) is 88.3 cm³/mol. The molecule has 1 aliphatic carbocycles. The van der Waals surface area contributed by atoms with Gasteiger partial charge in [-0.3, -0.25) is 9.59 Å². The maximum Gasteiger partial charge on any atom is 0.252 e. The third-order valence-corrected chi connectivity index (χ3v) is 3.76. The molecule has 0 unspecified atom stereocenters. The minimum Gasteiger partial charge on any atom is -0.352 e. The average Bonchev–Trinajstić information content (AvgIpc) is 3.29. The van der Waals surface area contributed by atoms with E-state index in [1.807, 2.05) is 6.92 Å². The zero-order valence-electron chi connectivity index (χ0n) is 12.7. The van der Waals surface area contributed by atoms with Crippen molar-refractivity contribution in [2.75, 3.05) is 25.0 Å². The number of anilines is 1. The van der Waals surface area contributed by atoms with Crippen LogP contribution < -0.4 is 16.0 Å². The molecule has 3 N–H and O–H groups in total. The third-order valence-electron chi connectivity index (χ3n) is 3.45. The number of hydrogen-bond acceptors (Lipinski definition) is 3. The van der Waals surface area contributed by atoms with Crippen LogP contribution in [0.2, 0.25) is 5.02 Å². The summed E-state index contributed by atoms with van der Waals surface area (Å²) in [5.74, 6) is 0.430. The Balaban J connectivity index is 1.84. The Hall–Kier alpha value is -1.59. The smallest absolute Gasteiger partial charge is 0.252 e. The van der Waals surface area contributed by atoms with Crippen molar-refractivity contribution in [3.05, 3.63) is 28.8 Å². The monoisotopic (exact) mass is 323 g/mol. The highest BCUT2D eigenvalue weighted by Gasteiger charge is 2.20. The highest BCUT2D eigenvalue weighted by Crippen LogP contribution is 2.27. The van der Waals surface area contributed by atoms with Gasteiger partial charge in [-0.1, -0.05) is 18.5 Å². The van der Waals surface area contributed by atoms with Crippen LogP contribution in [0.15, 0.2) is 18.2 Å². The summed E-state index contributed by atoms with van der Waals surface area (Å²) in [7, 11) is 0. The van der Waals surface area contributed by atoms with Crippen molar-refractivity contribution in [3.8, 4) is 0 Å². The molecule has 0 heterocycles. The standard InChI is InChI=1S/C16H22ClN3O2/c1-2-7-19-16(22)13-6-5-12(8-14(13)17)20-15(21)10-18-9-11-3-4-11/h5-6,8,11,18H,2-4,7,9-10H2,1H3,(H,19,22)(H,20,21). The highest BCUT2D eigenvalue weighted by atomic mass is 35.5. The minimum absolute atomic E-state index is 0.111. The fraction of sp³-hybridized carbons (Fsp3) is 0.500. The topological polar surface area (TPSA) is 70.2 Å². The molecule has 5 nitrogen and oxygen atoms in total. The number of nitrogens with one attached hydrogen (secondary N) is 3. The van der Waals surface area contributed by atoms with Gasteiger partial charge in [0.1, 0.15) is 0 Å². The van der Waals surface area contributed by atoms with E-state index in [1.165, 1.54) is 12.8 Å². The lowest BCUT2D eigenvalue weighted by atomic mass is 10.2. The van der Waals surface area contributed by atoms with Crippen LogP contribution in [0.1, 0.15) is 36.5 Å². The van der Waals surface area contributed by atoms with Gasteiger partial charge >= 0.3 is 0 Å². The van der Waals surface area contributed by atoms with E-state index < -0.39 is 0 Å². The van der Waals surface area contributed by atoms with E-state index in [-0.39, 0.29) is 18.4 Å². The molecule has 0 aliphatic heterocycles. The van der Waals surface area contributed by atoms with Gasteiger partial charge in [-0.25, -0.2) is 0 Å². The van der Waals surface area contributed by atoms with Gasteiger partial charge in [0.05, 0.1) is 17.1 Å². The molecule has 22 heavy (non-hydrogen) atoms. The van der Waals surface area contributed by atoms with Crippen LogP contribution in [0.3, 0.4) is 0 Å². The number of carbonyl (C=O) groups excluding carboxylic acids is 2. The van der Waals surface area contributed by atoms with Gasteiger partial charge in [-0.15, -0.1) is 0 Å². The molecule has 0 bridgehead atoms. The van der Waals surface area contributed by atoms with E-state index in [0.717, 1.165) is 18.9 Å². The summed E-state index contributed by atoms with van der Waals surface area (Å²) in [4.78, 5) is 23.7. The highest BCUT2D eigenvalue weighted by molar-refractivity contribution is 6.34. The molecule has 6 heteroatoms. The van der Waals surface area contributed by atoms with Gasteiger partial charge in [-0.2, -0.15) is 0 Å². The Morgan fingerprint density at radius 2 is 2.09 bits per heavy atom. The maximum atomic E-state index is 11.9. The molecule has 1 fully saturated rings. The van der Waals surface area contributed by atoms with Gasteiger partial charge in [0.25, 0.3) is 5.91 Å². The van der Waals surface area contributed by atoms with Gasteiger partial charge < -0.3 is 16.0 Å². The van der Waals surface area contributed by atoms with Crippen molar-refractivity contribution in [1.82, 2.24) is 10.6 Å². The van der Waals surface area contributed by atoms with Gasteiger partial charge in [-0.05, 0) is 49.9 Å². The molecule has 2 amide bonds. The van der Waals surface area contributed by atoms with Crippen molar-refractivity contribution in [2.24, 2.45) is 5.92 Å². The lowest BCUT2D eigenvalue weighted by Gasteiger charge is -2.09. The third kappa shape index (κ3) is 5.31. The number of amides is 2. The molecule has 0 aromatic heterocycles. The normalized spacial score (nSPS) is 13.7. The SMILES string of the molecule is CCCNC(=O)c1ccc(NC(=O)CNCC2CC2)cc1Cl. The molecule has 0 atom stereocenters. The summed E-state index contributed by atoms with van der Waals surface area (Å²) < 4.78 is 0. The molecular weight excluding hydrogens is 302 g/mol. The summed E-state index contributed by atoms with van der Waals surface area (Å²) in [6.45, 7) is 3.77. The quantitative estimate of drug-likeness (QED) is 0.688. The van der Waals surface area contributed by atoms with Crippen molar-refractivity contribution in [3.63, 3.8) is 0 Å². The van der Waals surface area contributed by atoms with Crippen LogP contribution in [0.5, 0.6) is 0 Å². The Morgan fingerprint density at radius 1 is 1.32 bits per heavy atom. The van der Waals surface area contributed by atoms with E-state index in [2.05, 4.69) is 16.0 Å². The van der Waals surface area contributed by atoms with Crippen LogP contribution >= 0.6 is 11.6 Å². The van der Waals surface area contributed by atoms with E-state index in [1.54, 1.807) is 18.2 Å². The Kier molecular flexibility index (Phi) is 6.21. The molecule has 1 aliphatic rings. The first-order chi connectivity index (χ1) is 10.6. The average molecular weight is 324 g/mol. The van der Waals surface area contributed by atoms with Crippen molar-refractivity contribution in [1.29, 1.82) is 0 Å². The van der Waals surface area contributed by atoms with Crippen LogP contribution in [-0.2, 0) is 4.79 Å². The Bertz CT molecular complexity index is 544. The van der Waals surface area contributed by atoms with Crippen molar-refractivity contribution < 1.29 is 9.59 Å². The summed E-state index contributed by atoms with van der Waals surface area (Å²) in [6.07, 6.45) is 3.38. The first-order valence-corrected chi connectivity index (χ1v) is 8.06. The van der Waals surface area contributed by atoms with E-state index in [0.29, 0.717) is 22.8 Å². The van der Waals surface area contributed by atoms with Gasteiger partial charge in [0, 0.05) is 12.2 Å². The Labute approximate surface area is 135 Å². The number of hydrogen-bond donors (Lipinski definition) is 3. The molecule has 120 valence electrons. The lowest BCUT2D eigenvalue weighted by Crippen LogP contribution is -2.29. The molecule has 2 rings (SSSR count). The van der Waals surface area contributed by atoms with Crippen LogP contribution in [0.25, 0.3) is 0 Å². The van der Waals surface area contributed by atoms with E-state index in [9.17, 15) is 9.59 Å². The lowest BCUT2D eigenvalue weighted by molar-refractivity contribution is -0.115. The summed E-state index contributed by atoms with van der Waals surface area (Å²) in [5.41, 5.74) is 1.01. The number of carbonyl (C=O) groups is 2. The summed E-state index contributed by atoms with van der Waals surface area (Å²) in [6, 6.07) is 4.91. The molecule has 0 spiro atoms. The number of halogens is 1. The first kappa shape index (κ1) is 16.8. The van der Waals surface area contributed by atoms with E-state index >= 15 is 0 Å². The largest absolute Gasteiger partial charge is 0.352 e. The fourth-order valence-corrected chi connectivity index (χ4v) is 2.29. The molecule has 1 saturated carbocycles. The van der Waals surface area contributed by atoms with Crippen LogP contribution in [0, 0.1) is 5.92 Å². The molecule has 0 radical (unpaired) electrons. The first-order valence-electron chi connectivity index (χ1n) is 7.68. The predicted octanol–water partition coefficient (Wildman–Crippen LogP) is 2.42. The summed E-state index contributed by atoms with van der Waals surface area (Å²) >= 11 is 6.11. The maximum absolute atomic E-state index is 11.9.